The third-order valence-corrected chi connectivity index (χ3v) is 4.46. The Kier molecular flexibility index (Phi) is 7.44. The molecule has 5 nitrogen and oxygen atoms in total. The van der Waals surface area contributed by atoms with Crippen LogP contribution in [0.5, 0.6) is 0 Å². The van der Waals surface area contributed by atoms with Gasteiger partial charge in [-0.05, 0) is 23.6 Å². The summed E-state index contributed by atoms with van der Waals surface area (Å²) < 4.78 is 2.11. The van der Waals surface area contributed by atoms with Crippen LogP contribution in [0.2, 0.25) is 0 Å². The summed E-state index contributed by atoms with van der Waals surface area (Å²) in [6.45, 7) is 3.66. The van der Waals surface area contributed by atoms with E-state index in [0.29, 0.717) is 12.5 Å². The third kappa shape index (κ3) is 4.75. The molecule has 3 rings (SSSR count). The van der Waals surface area contributed by atoms with E-state index in [2.05, 4.69) is 62.4 Å². The van der Waals surface area contributed by atoms with Crippen molar-refractivity contribution in [1.82, 2.24) is 20.2 Å². The maximum absolute atomic E-state index is 4.68. The first kappa shape index (κ1) is 20.2. The van der Waals surface area contributed by atoms with E-state index in [9.17, 15) is 0 Å². The van der Waals surface area contributed by atoms with E-state index in [-0.39, 0.29) is 24.0 Å². The molecule has 0 aliphatic rings. The molecule has 0 spiro atoms. The van der Waals surface area contributed by atoms with Crippen LogP contribution in [0, 0.1) is 0 Å². The van der Waals surface area contributed by atoms with Gasteiger partial charge in [0.1, 0.15) is 5.82 Å². The number of rotatable bonds is 5. The number of guanidine groups is 1. The molecule has 0 radical (unpaired) electrons. The first-order chi connectivity index (χ1) is 12.2. The molecule has 0 aliphatic heterocycles. The Bertz CT molecular complexity index is 857. The number of aryl methyl sites for hydroxylation is 1. The zero-order valence-corrected chi connectivity index (χ0v) is 17.8. The van der Waals surface area contributed by atoms with E-state index in [4.69, 9.17) is 0 Å². The Hall–Kier alpha value is -2.09. The summed E-state index contributed by atoms with van der Waals surface area (Å²) in [5.74, 6) is 2.19. The number of benzene rings is 2. The summed E-state index contributed by atoms with van der Waals surface area (Å²) in [5.41, 5.74) is 3.48. The molecule has 0 fully saturated rings. The highest BCUT2D eigenvalue weighted by molar-refractivity contribution is 14.0. The lowest BCUT2D eigenvalue weighted by molar-refractivity contribution is 0.687. The minimum atomic E-state index is 0. The molecule has 1 unspecified atom stereocenters. The minimum Gasteiger partial charge on any atom is -0.356 e. The van der Waals surface area contributed by atoms with Crippen molar-refractivity contribution in [3.05, 3.63) is 66.0 Å². The molecule has 26 heavy (non-hydrogen) atoms. The molecular formula is C20H26IN5. The van der Waals surface area contributed by atoms with Crippen LogP contribution in [0.15, 0.2) is 59.6 Å². The summed E-state index contributed by atoms with van der Waals surface area (Å²) in [4.78, 5) is 8.99. The molecule has 0 saturated heterocycles. The lowest BCUT2D eigenvalue weighted by Crippen LogP contribution is -2.39. The van der Waals surface area contributed by atoms with Crippen molar-refractivity contribution in [3.63, 3.8) is 0 Å². The Morgan fingerprint density at radius 2 is 1.77 bits per heavy atom. The van der Waals surface area contributed by atoms with Crippen molar-refractivity contribution < 1.29 is 0 Å². The van der Waals surface area contributed by atoms with Gasteiger partial charge in [0, 0.05) is 20.6 Å². The highest BCUT2D eigenvalue weighted by atomic mass is 127. The summed E-state index contributed by atoms with van der Waals surface area (Å²) in [6.07, 6.45) is 0. The fourth-order valence-corrected chi connectivity index (χ4v) is 2.89. The van der Waals surface area contributed by atoms with E-state index in [0.717, 1.165) is 29.4 Å². The SMILES string of the molecule is CN=C(NCc1nc2ccccc2n1C)NCC(C)c1ccccc1.I. The predicted molar refractivity (Wildman–Crippen MR) is 119 cm³/mol. The minimum absolute atomic E-state index is 0. The molecule has 1 heterocycles. The lowest BCUT2D eigenvalue weighted by atomic mass is 10.0. The number of halogens is 1. The molecule has 138 valence electrons. The molecule has 6 heteroatoms. The molecule has 0 saturated carbocycles. The van der Waals surface area contributed by atoms with Crippen LogP contribution in [0.4, 0.5) is 0 Å². The second-order valence-corrected chi connectivity index (χ2v) is 6.19. The van der Waals surface area contributed by atoms with Gasteiger partial charge in [-0.1, -0.05) is 49.4 Å². The fourth-order valence-electron chi connectivity index (χ4n) is 2.89. The number of hydrogen-bond donors (Lipinski definition) is 2. The molecule has 3 aromatic rings. The van der Waals surface area contributed by atoms with Crippen LogP contribution in [0.3, 0.4) is 0 Å². The number of para-hydroxylation sites is 2. The topological polar surface area (TPSA) is 54.2 Å². The van der Waals surface area contributed by atoms with E-state index in [1.165, 1.54) is 5.56 Å². The fraction of sp³-hybridized carbons (Fsp3) is 0.300. The second-order valence-electron chi connectivity index (χ2n) is 6.19. The summed E-state index contributed by atoms with van der Waals surface area (Å²) >= 11 is 0. The van der Waals surface area contributed by atoms with Gasteiger partial charge in [0.05, 0.1) is 17.6 Å². The number of aliphatic imine (C=N–C) groups is 1. The zero-order valence-electron chi connectivity index (χ0n) is 15.4. The molecule has 2 aromatic carbocycles. The number of nitrogens with one attached hydrogen (secondary N) is 2. The number of nitrogens with zero attached hydrogens (tertiary/aromatic N) is 3. The standard InChI is InChI=1S/C20H25N5.HI/c1-15(16-9-5-4-6-10-16)13-22-20(21-2)23-14-19-24-17-11-7-8-12-18(17)25(19)3;/h4-12,15H,13-14H2,1-3H3,(H2,21,22,23);1H. The van der Waals surface area contributed by atoms with Gasteiger partial charge in [-0.25, -0.2) is 4.98 Å². The molecule has 2 N–H and O–H groups in total. The van der Waals surface area contributed by atoms with Crippen LogP contribution >= 0.6 is 24.0 Å². The third-order valence-electron chi connectivity index (χ3n) is 4.46. The van der Waals surface area contributed by atoms with Crippen molar-refractivity contribution >= 4 is 41.0 Å². The molecular weight excluding hydrogens is 437 g/mol. The Morgan fingerprint density at radius 3 is 2.46 bits per heavy atom. The normalized spacial score (nSPS) is 12.5. The number of hydrogen-bond acceptors (Lipinski definition) is 2. The van der Waals surface area contributed by atoms with E-state index in [1.54, 1.807) is 7.05 Å². The van der Waals surface area contributed by atoms with Crippen LogP contribution in [-0.4, -0.2) is 29.1 Å². The second kappa shape index (κ2) is 9.56. The maximum Gasteiger partial charge on any atom is 0.191 e. The van der Waals surface area contributed by atoms with E-state index < -0.39 is 0 Å². The number of aromatic nitrogens is 2. The van der Waals surface area contributed by atoms with Crippen molar-refractivity contribution in [2.75, 3.05) is 13.6 Å². The largest absolute Gasteiger partial charge is 0.356 e. The monoisotopic (exact) mass is 463 g/mol. The van der Waals surface area contributed by atoms with Crippen molar-refractivity contribution in [2.45, 2.75) is 19.4 Å². The van der Waals surface area contributed by atoms with E-state index >= 15 is 0 Å². The maximum atomic E-state index is 4.68. The molecule has 1 atom stereocenters. The summed E-state index contributed by atoms with van der Waals surface area (Å²) in [5, 5.41) is 6.74. The quantitative estimate of drug-likeness (QED) is 0.345. The first-order valence-corrected chi connectivity index (χ1v) is 8.59. The van der Waals surface area contributed by atoms with Crippen LogP contribution in [0.25, 0.3) is 11.0 Å². The molecule has 1 aromatic heterocycles. The highest BCUT2D eigenvalue weighted by Crippen LogP contribution is 2.14. The van der Waals surface area contributed by atoms with E-state index in [1.807, 2.05) is 31.3 Å². The smallest absolute Gasteiger partial charge is 0.191 e. The van der Waals surface area contributed by atoms with Gasteiger partial charge in [-0.15, -0.1) is 24.0 Å². The Labute approximate surface area is 172 Å². The van der Waals surface area contributed by atoms with Gasteiger partial charge in [0.2, 0.25) is 0 Å². The van der Waals surface area contributed by atoms with Crippen molar-refractivity contribution in [3.8, 4) is 0 Å². The van der Waals surface area contributed by atoms with Crippen LogP contribution in [-0.2, 0) is 13.6 Å². The zero-order chi connectivity index (χ0) is 17.6. The van der Waals surface area contributed by atoms with Crippen molar-refractivity contribution in [1.29, 1.82) is 0 Å². The average Bonchev–Trinajstić information content (AvgIpc) is 2.98. The highest BCUT2D eigenvalue weighted by Gasteiger charge is 2.09. The lowest BCUT2D eigenvalue weighted by Gasteiger charge is -2.16. The molecule has 0 amide bonds. The average molecular weight is 463 g/mol. The number of imidazole rings is 1. The summed E-state index contributed by atoms with van der Waals surface area (Å²) in [7, 11) is 3.83. The summed E-state index contributed by atoms with van der Waals surface area (Å²) in [6, 6.07) is 18.7. The van der Waals surface area contributed by atoms with Gasteiger partial charge in [0.15, 0.2) is 5.96 Å². The van der Waals surface area contributed by atoms with Crippen LogP contribution in [0.1, 0.15) is 24.2 Å². The Balaban J connectivity index is 0.00000243. The van der Waals surface area contributed by atoms with Crippen molar-refractivity contribution in [2.24, 2.45) is 12.0 Å². The van der Waals surface area contributed by atoms with Gasteiger partial charge < -0.3 is 15.2 Å². The van der Waals surface area contributed by atoms with Gasteiger partial charge in [0.25, 0.3) is 0 Å². The molecule has 0 bridgehead atoms. The Morgan fingerprint density at radius 1 is 1.08 bits per heavy atom. The van der Waals surface area contributed by atoms with Crippen LogP contribution < -0.4 is 10.6 Å². The number of fused-ring (bicyclic) bond motifs is 1. The van der Waals surface area contributed by atoms with Gasteiger partial charge in [-0.2, -0.15) is 0 Å². The van der Waals surface area contributed by atoms with Gasteiger partial charge >= 0.3 is 0 Å². The molecule has 0 aliphatic carbocycles. The predicted octanol–water partition coefficient (Wildman–Crippen LogP) is 3.66. The van der Waals surface area contributed by atoms with Gasteiger partial charge in [-0.3, -0.25) is 4.99 Å². The first-order valence-electron chi connectivity index (χ1n) is 8.59.